The SMILES string of the molecule is N#CCC(=Cc1cc(Br)ccc1[N+](=O)[O-])C(=O)O. The van der Waals surface area contributed by atoms with E-state index in [9.17, 15) is 14.9 Å². The van der Waals surface area contributed by atoms with Gasteiger partial charge in [0.25, 0.3) is 5.69 Å². The van der Waals surface area contributed by atoms with Crippen LogP contribution in [0.15, 0.2) is 28.2 Å². The summed E-state index contributed by atoms with van der Waals surface area (Å²) in [5, 5.41) is 28.2. The standard InChI is InChI=1S/C11H7BrN2O4/c12-9-1-2-10(14(17)18)8(6-9)5-7(3-4-13)11(15)16/h1-2,5-6H,3H2,(H,15,16). The van der Waals surface area contributed by atoms with Gasteiger partial charge in [-0.15, -0.1) is 0 Å². The number of nitro groups is 1. The van der Waals surface area contributed by atoms with Crippen LogP contribution in [0.4, 0.5) is 5.69 Å². The van der Waals surface area contributed by atoms with E-state index in [-0.39, 0.29) is 23.2 Å². The van der Waals surface area contributed by atoms with Gasteiger partial charge in [0.05, 0.1) is 28.5 Å². The smallest absolute Gasteiger partial charge is 0.332 e. The Morgan fingerprint density at radius 2 is 2.28 bits per heavy atom. The summed E-state index contributed by atoms with van der Waals surface area (Å²) < 4.78 is 0.584. The Hall–Kier alpha value is -2.20. The van der Waals surface area contributed by atoms with Gasteiger partial charge in [-0.3, -0.25) is 10.1 Å². The van der Waals surface area contributed by atoms with Crippen LogP contribution in [0.3, 0.4) is 0 Å². The van der Waals surface area contributed by atoms with Gasteiger partial charge in [-0.1, -0.05) is 15.9 Å². The number of carboxylic acid groups (broad SMARTS) is 1. The minimum atomic E-state index is -1.27. The molecule has 92 valence electrons. The van der Waals surface area contributed by atoms with E-state index >= 15 is 0 Å². The number of hydrogen-bond donors (Lipinski definition) is 1. The molecule has 0 aliphatic rings. The van der Waals surface area contributed by atoms with Crippen molar-refractivity contribution in [2.75, 3.05) is 0 Å². The summed E-state index contributed by atoms with van der Waals surface area (Å²) in [6.07, 6.45) is 0.813. The van der Waals surface area contributed by atoms with E-state index in [1.165, 1.54) is 18.2 Å². The molecule has 0 saturated carbocycles. The van der Waals surface area contributed by atoms with E-state index in [2.05, 4.69) is 15.9 Å². The summed E-state index contributed by atoms with van der Waals surface area (Å²) in [5.74, 6) is -1.27. The fraction of sp³-hybridized carbons (Fsp3) is 0.0909. The van der Waals surface area contributed by atoms with Crippen LogP contribution in [0, 0.1) is 21.4 Å². The van der Waals surface area contributed by atoms with Crippen molar-refractivity contribution >= 4 is 33.7 Å². The zero-order valence-electron chi connectivity index (χ0n) is 8.96. The van der Waals surface area contributed by atoms with Crippen molar-refractivity contribution in [1.29, 1.82) is 5.26 Å². The van der Waals surface area contributed by atoms with Crippen LogP contribution < -0.4 is 0 Å². The first-order valence-electron chi connectivity index (χ1n) is 4.70. The molecule has 0 fully saturated rings. The molecule has 1 aromatic carbocycles. The molecular weight excluding hydrogens is 304 g/mol. The van der Waals surface area contributed by atoms with Crippen molar-refractivity contribution in [3.8, 4) is 6.07 Å². The molecule has 6 nitrogen and oxygen atoms in total. The molecule has 0 saturated heterocycles. The third-order valence-corrected chi connectivity index (χ3v) is 2.55. The highest BCUT2D eigenvalue weighted by atomic mass is 79.9. The third kappa shape index (κ3) is 3.40. The molecule has 1 N–H and O–H groups in total. The monoisotopic (exact) mass is 310 g/mol. The number of halogens is 1. The summed E-state index contributed by atoms with van der Waals surface area (Å²) in [6, 6.07) is 5.88. The number of carboxylic acids is 1. The van der Waals surface area contributed by atoms with Crippen LogP contribution in [0.2, 0.25) is 0 Å². The first-order chi connectivity index (χ1) is 8.45. The Kier molecular flexibility index (Phi) is 4.57. The minimum Gasteiger partial charge on any atom is -0.478 e. The summed E-state index contributed by atoms with van der Waals surface area (Å²) in [6.45, 7) is 0. The van der Waals surface area contributed by atoms with E-state index in [1.54, 1.807) is 6.07 Å². The largest absolute Gasteiger partial charge is 0.478 e. The van der Waals surface area contributed by atoms with Gasteiger partial charge in [-0.05, 0) is 18.2 Å². The molecule has 1 aromatic rings. The number of hydrogen-bond acceptors (Lipinski definition) is 4. The van der Waals surface area contributed by atoms with Gasteiger partial charge >= 0.3 is 5.97 Å². The summed E-state index contributed by atoms with van der Waals surface area (Å²) in [5.41, 5.74) is -0.268. The number of nitro benzene ring substituents is 1. The predicted molar refractivity (Wildman–Crippen MR) is 66.6 cm³/mol. The number of carbonyl (C=O) groups is 1. The molecule has 0 aromatic heterocycles. The molecule has 7 heteroatoms. The highest BCUT2D eigenvalue weighted by Crippen LogP contribution is 2.25. The molecule has 0 bridgehead atoms. The van der Waals surface area contributed by atoms with Crippen LogP contribution >= 0.6 is 15.9 Å². The van der Waals surface area contributed by atoms with E-state index in [0.717, 1.165) is 6.08 Å². The van der Waals surface area contributed by atoms with Crippen molar-refractivity contribution in [2.24, 2.45) is 0 Å². The first kappa shape index (κ1) is 13.9. The average molecular weight is 311 g/mol. The van der Waals surface area contributed by atoms with Crippen molar-refractivity contribution < 1.29 is 14.8 Å². The third-order valence-electron chi connectivity index (χ3n) is 2.06. The van der Waals surface area contributed by atoms with Crippen molar-refractivity contribution in [3.63, 3.8) is 0 Å². The fourth-order valence-corrected chi connectivity index (χ4v) is 1.65. The summed E-state index contributed by atoms with van der Waals surface area (Å²) in [4.78, 5) is 21.0. The van der Waals surface area contributed by atoms with Gasteiger partial charge < -0.3 is 5.11 Å². The average Bonchev–Trinajstić information content (AvgIpc) is 2.28. The van der Waals surface area contributed by atoms with Crippen molar-refractivity contribution in [2.45, 2.75) is 6.42 Å². The summed E-state index contributed by atoms with van der Waals surface area (Å²) >= 11 is 3.15. The second-order valence-corrected chi connectivity index (χ2v) is 4.19. The lowest BCUT2D eigenvalue weighted by molar-refractivity contribution is -0.385. The minimum absolute atomic E-state index is 0.141. The van der Waals surface area contributed by atoms with Crippen LogP contribution in [-0.2, 0) is 4.79 Å². The number of rotatable bonds is 4. The second-order valence-electron chi connectivity index (χ2n) is 3.27. The zero-order valence-corrected chi connectivity index (χ0v) is 10.5. The number of nitriles is 1. The fourth-order valence-electron chi connectivity index (χ4n) is 1.27. The molecule has 0 unspecified atom stereocenters. The topological polar surface area (TPSA) is 104 Å². The maximum atomic E-state index is 10.9. The molecule has 0 spiro atoms. The van der Waals surface area contributed by atoms with Crippen molar-refractivity contribution in [3.05, 3.63) is 43.9 Å². The Morgan fingerprint density at radius 1 is 1.61 bits per heavy atom. The quantitative estimate of drug-likeness (QED) is 0.523. The van der Waals surface area contributed by atoms with Crippen molar-refractivity contribution in [1.82, 2.24) is 0 Å². The van der Waals surface area contributed by atoms with Gasteiger partial charge in [0.2, 0.25) is 0 Å². The number of aliphatic carboxylic acids is 1. The van der Waals surface area contributed by atoms with Crippen LogP contribution in [0.1, 0.15) is 12.0 Å². The normalized spacial score (nSPS) is 10.8. The highest BCUT2D eigenvalue weighted by Gasteiger charge is 2.15. The Balaban J connectivity index is 3.35. The number of benzene rings is 1. The molecule has 1 rings (SSSR count). The van der Waals surface area contributed by atoms with Gasteiger partial charge in [-0.2, -0.15) is 5.26 Å². The van der Waals surface area contributed by atoms with E-state index in [1.807, 2.05) is 0 Å². The van der Waals surface area contributed by atoms with E-state index in [0.29, 0.717) is 4.47 Å². The lowest BCUT2D eigenvalue weighted by Crippen LogP contribution is -2.00. The molecule has 0 heterocycles. The molecule has 0 aliphatic carbocycles. The Bertz CT molecular complexity index is 575. The van der Waals surface area contributed by atoms with Crippen LogP contribution in [0.25, 0.3) is 6.08 Å². The maximum absolute atomic E-state index is 10.9. The zero-order chi connectivity index (χ0) is 13.7. The second kappa shape index (κ2) is 5.93. The molecule has 0 amide bonds. The van der Waals surface area contributed by atoms with E-state index in [4.69, 9.17) is 10.4 Å². The van der Waals surface area contributed by atoms with Gasteiger partial charge in [-0.25, -0.2) is 4.79 Å². The predicted octanol–water partition coefficient (Wildman–Crippen LogP) is 2.74. The highest BCUT2D eigenvalue weighted by molar-refractivity contribution is 9.10. The molecule has 0 aliphatic heterocycles. The van der Waals surface area contributed by atoms with Crippen LogP contribution in [0.5, 0.6) is 0 Å². The first-order valence-corrected chi connectivity index (χ1v) is 5.49. The van der Waals surface area contributed by atoms with Gasteiger partial charge in [0.15, 0.2) is 0 Å². The van der Waals surface area contributed by atoms with Gasteiger partial charge in [0.1, 0.15) is 0 Å². The van der Waals surface area contributed by atoms with Gasteiger partial charge in [0, 0.05) is 10.5 Å². The molecular formula is C11H7BrN2O4. The van der Waals surface area contributed by atoms with E-state index < -0.39 is 10.9 Å². The summed E-state index contributed by atoms with van der Waals surface area (Å²) in [7, 11) is 0. The molecule has 0 radical (unpaired) electrons. The Labute approximate surface area is 110 Å². The molecule has 18 heavy (non-hydrogen) atoms. The Morgan fingerprint density at radius 3 is 2.78 bits per heavy atom. The maximum Gasteiger partial charge on any atom is 0.332 e. The lowest BCUT2D eigenvalue weighted by Gasteiger charge is -2.00. The van der Waals surface area contributed by atoms with Crippen LogP contribution in [-0.4, -0.2) is 16.0 Å². The lowest BCUT2D eigenvalue weighted by atomic mass is 10.1. The molecule has 0 atom stereocenters. The number of nitrogens with zero attached hydrogens (tertiary/aromatic N) is 2.